The van der Waals surface area contributed by atoms with Crippen LogP contribution in [0.25, 0.3) is 11.0 Å². The summed E-state index contributed by atoms with van der Waals surface area (Å²) in [4.78, 5) is 24.1. The first-order chi connectivity index (χ1) is 12.7. The molecular formula is C20H18O6. The summed E-state index contributed by atoms with van der Waals surface area (Å²) in [5.74, 6) is -0.989. The van der Waals surface area contributed by atoms with Crippen LogP contribution in [-0.2, 0) is 20.8 Å². The summed E-state index contributed by atoms with van der Waals surface area (Å²) in [5.41, 5.74) is 1.66. The van der Waals surface area contributed by atoms with Crippen molar-refractivity contribution in [2.45, 2.75) is 6.61 Å². The lowest BCUT2D eigenvalue weighted by Crippen LogP contribution is -2.14. The first-order valence-corrected chi connectivity index (χ1v) is 8.09. The highest BCUT2D eigenvalue weighted by molar-refractivity contribution is 5.96. The molecule has 1 aromatic heterocycles. The SMILES string of the molecule is COCc1c(C(=O)OCCOC(=O)c2ccccc2)oc2ccccc12. The molecule has 3 rings (SSSR count). The van der Waals surface area contributed by atoms with E-state index in [-0.39, 0.29) is 25.6 Å². The first-order valence-electron chi connectivity index (χ1n) is 8.09. The van der Waals surface area contributed by atoms with Gasteiger partial charge in [-0.05, 0) is 18.2 Å². The third-order valence-corrected chi connectivity index (χ3v) is 3.73. The van der Waals surface area contributed by atoms with Crippen LogP contribution < -0.4 is 0 Å². The molecule has 134 valence electrons. The fourth-order valence-electron chi connectivity index (χ4n) is 2.54. The molecule has 1 heterocycles. The van der Waals surface area contributed by atoms with Gasteiger partial charge in [0, 0.05) is 18.1 Å². The second kappa shape index (κ2) is 8.31. The number of para-hydroxylation sites is 1. The van der Waals surface area contributed by atoms with Crippen molar-refractivity contribution in [2.75, 3.05) is 20.3 Å². The highest BCUT2D eigenvalue weighted by Crippen LogP contribution is 2.27. The van der Waals surface area contributed by atoms with Crippen LogP contribution >= 0.6 is 0 Å². The lowest BCUT2D eigenvalue weighted by molar-refractivity contribution is 0.0245. The van der Waals surface area contributed by atoms with Crippen LogP contribution in [0.4, 0.5) is 0 Å². The molecule has 0 aliphatic rings. The number of furan rings is 1. The minimum Gasteiger partial charge on any atom is -0.458 e. The lowest BCUT2D eigenvalue weighted by atomic mass is 10.1. The van der Waals surface area contributed by atoms with E-state index in [0.717, 1.165) is 5.39 Å². The second-order valence-corrected chi connectivity index (χ2v) is 5.48. The average Bonchev–Trinajstić information content (AvgIpc) is 3.05. The number of methoxy groups -OCH3 is 1. The Bertz CT molecular complexity index is 897. The van der Waals surface area contributed by atoms with Crippen LogP contribution in [0.3, 0.4) is 0 Å². The molecule has 0 bridgehead atoms. The van der Waals surface area contributed by atoms with E-state index in [2.05, 4.69) is 0 Å². The van der Waals surface area contributed by atoms with Crippen LogP contribution in [0.2, 0.25) is 0 Å². The van der Waals surface area contributed by atoms with Gasteiger partial charge in [0.05, 0.1) is 12.2 Å². The van der Waals surface area contributed by atoms with Gasteiger partial charge in [0.25, 0.3) is 0 Å². The molecule has 0 radical (unpaired) electrons. The third-order valence-electron chi connectivity index (χ3n) is 3.73. The van der Waals surface area contributed by atoms with Gasteiger partial charge in [-0.1, -0.05) is 36.4 Å². The summed E-state index contributed by atoms with van der Waals surface area (Å²) in [6.07, 6.45) is 0. The quantitative estimate of drug-likeness (QED) is 0.477. The van der Waals surface area contributed by atoms with Crippen LogP contribution in [0.5, 0.6) is 0 Å². The molecule has 0 spiro atoms. The maximum Gasteiger partial charge on any atom is 0.374 e. The van der Waals surface area contributed by atoms with Crippen LogP contribution in [0, 0.1) is 0 Å². The van der Waals surface area contributed by atoms with E-state index in [4.69, 9.17) is 18.6 Å². The Kier molecular flexibility index (Phi) is 5.66. The van der Waals surface area contributed by atoms with Gasteiger partial charge in [-0.15, -0.1) is 0 Å². The molecule has 0 atom stereocenters. The predicted octanol–water partition coefficient (Wildman–Crippen LogP) is 3.59. The molecule has 0 aliphatic carbocycles. The van der Waals surface area contributed by atoms with E-state index >= 15 is 0 Å². The lowest BCUT2D eigenvalue weighted by Gasteiger charge is -2.06. The van der Waals surface area contributed by atoms with Gasteiger partial charge < -0.3 is 18.6 Å². The molecule has 0 fully saturated rings. The number of carbonyl (C=O) groups excluding carboxylic acids is 2. The molecule has 6 heteroatoms. The topological polar surface area (TPSA) is 75.0 Å². The highest BCUT2D eigenvalue weighted by Gasteiger charge is 2.21. The van der Waals surface area contributed by atoms with Gasteiger partial charge in [0.2, 0.25) is 5.76 Å². The molecule has 0 saturated heterocycles. The average molecular weight is 354 g/mol. The van der Waals surface area contributed by atoms with Crippen LogP contribution in [0.1, 0.15) is 26.5 Å². The zero-order chi connectivity index (χ0) is 18.4. The third kappa shape index (κ3) is 3.92. The van der Waals surface area contributed by atoms with Crippen molar-refractivity contribution in [3.63, 3.8) is 0 Å². The monoisotopic (exact) mass is 354 g/mol. The Labute approximate surface area is 150 Å². The zero-order valence-corrected chi connectivity index (χ0v) is 14.3. The van der Waals surface area contributed by atoms with Gasteiger partial charge in [-0.2, -0.15) is 0 Å². The normalized spacial score (nSPS) is 10.7. The molecule has 0 amide bonds. The summed E-state index contributed by atoms with van der Waals surface area (Å²) in [6, 6.07) is 15.9. The van der Waals surface area contributed by atoms with Crippen molar-refractivity contribution in [1.29, 1.82) is 0 Å². The van der Waals surface area contributed by atoms with Gasteiger partial charge in [-0.3, -0.25) is 0 Å². The molecule has 0 saturated carbocycles. The molecule has 0 aliphatic heterocycles. The Hall–Kier alpha value is -3.12. The Balaban J connectivity index is 1.59. The van der Waals surface area contributed by atoms with Crippen molar-refractivity contribution in [3.05, 3.63) is 71.5 Å². The van der Waals surface area contributed by atoms with Gasteiger partial charge in [0.1, 0.15) is 18.8 Å². The fourth-order valence-corrected chi connectivity index (χ4v) is 2.54. The molecule has 6 nitrogen and oxygen atoms in total. The van der Waals surface area contributed by atoms with Crippen molar-refractivity contribution >= 4 is 22.9 Å². The highest BCUT2D eigenvalue weighted by atomic mass is 16.6. The summed E-state index contributed by atoms with van der Waals surface area (Å²) in [7, 11) is 1.54. The molecule has 3 aromatic rings. The minimum absolute atomic E-state index is 0.0424. The Morgan fingerprint density at radius 3 is 2.27 bits per heavy atom. The number of carbonyl (C=O) groups is 2. The smallest absolute Gasteiger partial charge is 0.374 e. The van der Waals surface area contributed by atoms with E-state index in [9.17, 15) is 9.59 Å². The minimum atomic E-state index is -0.621. The number of hydrogen-bond donors (Lipinski definition) is 0. The predicted molar refractivity (Wildman–Crippen MR) is 93.9 cm³/mol. The van der Waals surface area contributed by atoms with Crippen molar-refractivity contribution in [2.24, 2.45) is 0 Å². The number of ether oxygens (including phenoxy) is 3. The summed E-state index contributed by atoms with van der Waals surface area (Å²) < 4.78 is 21.0. The van der Waals surface area contributed by atoms with Gasteiger partial charge in [0.15, 0.2) is 0 Å². The summed E-state index contributed by atoms with van der Waals surface area (Å²) in [6.45, 7) is 0.116. The van der Waals surface area contributed by atoms with Gasteiger partial charge in [-0.25, -0.2) is 9.59 Å². The maximum absolute atomic E-state index is 12.3. The number of hydrogen-bond acceptors (Lipinski definition) is 6. The molecule has 0 N–H and O–H groups in total. The molecule has 26 heavy (non-hydrogen) atoms. The molecular weight excluding hydrogens is 336 g/mol. The zero-order valence-electron chi connectivity index (χ0n) is 14.3. The van der Waals surface area contributed by atoms with E-state index in [0.29, 0.717) is 16.7 Å². The van der Waals surface area contributed by atoms with E-state index in [1.54, 1.807) is 37.4 Å². The summed E-state index contributed by atoms with van der Waals surface area (Å²) >= 11 is 0. The fraction of sp³-hybridized carbons (Fsp3) is 0.200. The molecule has 0 unspecified atom stereocenters. The van der Waals surface area contributed by atoms with Gasteiger partial charge >= 0.3 is 11.9 Å². The maximum atomic E-state index is 12.3. The number of benzene rings is 2. The standard InChI is InChI=1S/C20H18O6/c1-23-13-16-15-9-5-6-10-17(15)26-18(16)20(22)25-12-11-24-19(21)14-7-3-2-4-8-14/h2-10H,11-13H2,1H3. The number of fused-ring (bicyclic) bond motifs is 1. The Morgan fingerprint density at radius 2 is 1.54 bits per heavy atom. The van der Waals surface area contributed by atoms with Crippen molar-refractivity contribution in [1.82, 2.24) is 0 Å². The first kappa shape index (κ1) is 17.7. The van der Waals surface area contributed by atoms with E-state index in [1.165, 1.54) is 0 Å². The molecule has 2 aromatic carbocycles. The largest absolute Gasteiger partial charge is 0.458 e. The van der Waals surface area contributed by atoms with E-state index < -0.39 is 11.9 Å². The van der Waals surface area contributed by atoms with Crippen molar-refractivity contribution in [3.8, 4) is 0 Å². The Morgan fingerprint density at radius 1 is 0.885 bits per heavy atom. The van der Waals surface area contributed by atoms with Crippen LogP contribution in [0.15, 0.2) is 59.0 Å². The number of rotatable bonds is 7. The van der Waals surface area contributed by atoms with Crippen molar-refractivity contribution < 1.29 is 28.2 Å². The van der Waals surface area contributed by atoms with E-state index in [1.807, 2.05) is 24.3 Å². The summed E-state index contributed by atoms with van der Waals surface area (Å²) in [5, 5.41) is 0.803. The van der Waals surface area contributed by atoms with Crippen LogP contribution in [-0.4, -0.2) is 32.3 Å². The second-order valence-electron chi connectivity index (χ2n) is 5.48. The number of esters is 2.